The van der Waals surface area contributed by atoms with E-state index >= 15 is 0 Å². The van der Waals surface area contributed by atoms with Gasteiger partial charge in [0, 0.05) is 34.1 Å². The molecular weight excluding hydrogens is 785 g/mol. The van der Waals surface area contributed by atoms with Gasteiger partial charge in [-0.3, -0.25) is 0 Å². The van der Waals surface area contributed by atoms with Crippen LogP contribution in [0.5, 0.6) is 17.2 Å². The predicted molar refractivity (Wildman–Crippen MR) is 254 cm³/mol. The van der Waals surface area contributed by atoms with Crippen LogP contribution in [0.15, 0.2) is 216 Å². The summed E-state index contributed by atoms with van der Waals surface area (Å²) in [5, 5.41) is 0. The quantitative estimate of drug-likeness (QED) is 0.103. The summed E-state index contributed by atoms with van der Waals surface area (Å²) >= 11 is 0. The van der Waals surface area contributed by atoms with Crippen LogP contribution in [-0.2, 0) is 15.3 Å². The highest BCUT2D eigenvalue weighted by molar-refractivity contribution is 7.91. The number of nitrogens with zero attached hydrogens (tertiary/aromatic N) is 2. The average Bonchev–Trinajstić information content (AvgIpc) is 3.31. The fourth-order valence-corrected chi connectivity index (χ4v) is 9.12. The predicted octanol–water partition coefficient (Wildman–Crippen LogP) is 15.0. The lowest BCUT2D eigenvalue weighted by molar-refractivity contribution is 0.415. The topological polar surface area (TPSA) is 59.1 Å². The van der Waals surface area contributed by atoms with Gasteiger partial charge < -0.3 is 19.3 Å². The molecule has 6 nitrogen and oxygen atoms in total. The Bertz CT molecular complexity index is 2790. The van der Waals surface area contributed by atoms with Crippen molar-refractivity contribution in [1.29, 1.82) is 0 Å². The number of benzene rings is 8. The summed E-state index contributed by atoms with van der Waals surface area (Å²) in [6.07, 6.45) is 2.09. The van der Waals surface area contributed by atoms with Gasteiger partial charge in [0.15, 0.2) is 0 Å². The highest BCUT2D eigenvalue weighted by Gasteiger charge is 2.23. The number of ether oxygens (including phenoxy) is 2. The lowest BCUT2D eigenvalue weighted by atomic mass is 9.81. The summed E-state index contributed by atoms with van der Waals surface area (Å²) in [6.45, 7) is 6.54. The summed E-state index contributed by atoms with van der Waals surface area (Å²) in [5.41, 5.74) is 9.50. The van der Waals surface area contributed by atoms with Crippen LogP contribution in [0.4, 0.5) is 34.1 Å². The summed E-state index contributed by atoms with van der Waals surface area (Å²) < 4.78 is 38.6. The van der Waals surface area contributed by atoms with Gasteiger partial charge in [-0.05, 0) is 162 Å². The van der Waals surface area contributed by atoms with Crippen molar-refractivity contribution < 1.29 is 17.9 Å². The lowest BCUT2D eigenvalue weighted by Gasteiger charge is -2.26. The molecule has 0 saturated heterocycles. The molecule has 0 N–H and O–H groups in total. The lowest BCUT2D eigenvalue weighted by Crippen LogP contribution is -2.16. The first-order valence-corrected chi connectivity index (χ1v) is 22.4. The number of anilines is 6. The molecule has 0 heterocycles. The third-order valence-corrected chi connectivity index (χ3v) is 13.0. The highest BCUT2D eigenvalue weighted by Crippen LogP contribution is 2.39. The summed E-state index contributed by atoms with van der Waals surface area (Å²) in [7, 11) is -2.00. The van der Waals surface area contributed by atoms with E-state index in [1.54, 1.807) is 43.5 Å². The fourth-order valence-electron chi connectivity index (χ4n) is 7.86. The Kier molecular flexibility index (Phi) is 12.3. The first-order valence-electron chi connectivity index (χ1n) is 20.9. The van der Waals surface area contributed by atoms with Gasteiger partial charge in [0.25, 0.3) is 0 Å². The molecule has 0 saturated carbocycles. The van der Waals surface area contributed by atoms with Gasteiger partial charge in [0.2, 0.25) is 9.84 Å². The van der Waals surface area contributed by atoms with Crippen molar-refractivity contribution in [2.24, 2.45) is 0 Å². The molecule has 0 aliphatic rings. The SMILES string of the molecule is CCCC(C)(C)c1ccc(S(=O)(=O)c2ccc(Oc3ccc(N(c4ccccc4)c4ccc(-c5ccc(N(c6ccccc6)c6ccc(OC)cc6)cc5)cc4)cc3)cc2)cc1. The molecule has 62 heavy (non-hydrogen) atoms. The van der Waals surface area contributed by atoms with Gasteiger partial charge >= 0.3 is 0 Å². The first kappa shape index (κ1) is 41.6. The molecule has 310 valence electrons. The van der Waals surface area contributed by atoms with E-state index in [0.717, 1.165) is 69.4 Å². The van der Waals surface area contributed by atoms with E-state index in [2.05, 4.69) is 128 Å². The average molecular weight is 835 g/mol. The highest BCUT2D eigenvalue weighted by atomic mass is 32.2. The van der Waals surface area contributed by atoms with Gasteiger partial charge in [0.05, 0.1) is 16.9 Å². The van der Waals surface area contributed by atoms with Gasteiger partial charge in [-0.15, -0.1) is 0 Å². The number of rotatable bonds is 15. The number of sulfone groups is 1. The van der Waals surface area contributed by atoms with Gasteiger partial charge in [-0.1, -0.05) is 100.0 Å². The molecule has 8 rings (SSSR count). The Hall–Kier alpha value is -7.09. The minimum absolute atomic E-state index is 0.0123. The van der Waals surface area contributed by atoms with Crippen LogP contribution in [0.2, 0.25) is 0 Å². The molecule has 0 aliphatic heterocycles. The van der Waals surface area contributed by atoms with E-state index in [9.17, 15) is 8.42 Å². The Labute approximate surface area is 366 Å². The molecule has 7 heteroatoms. The number of para-hydroxylation sites is 2. The second-order valence-corrected chi connectivity index (χ2v) is 17.8. The van der Waals surface area contributed by atoms with Crippen LogP contribution in [0.3, 0.4) is 0 Å². The van der Waals surface area contributed by atoms with Crippen molar-refractivity contribution in [3.05, 3.63) is 212 Å². The molecule has 0 atom stereocenters. The summed E-state index contributed by atoms with van der Waals surface area (Å²) in [5.74, 6) is 2.00. The molecule has 0 radical (unpaired) electrons. The monoisotopic (exact) mass is 834 g/mol. The minimum atomic E-state index is -3.68. The van der Waals surface area contributed by atoms with E-state index in [4.69, 9.17) is 9.47 Å². The second kappa shape index (κ2) is 18.3. The summed E-state index contributed by atoms with van der Waals surface area (Å²) in [4.78, 5) is 4.95. The Morgan fingerprint density at radius 3 is 1.16 bits per heavy atom. The second-order valence-electron chi connectivity index (χ2n) is 15.9. The normalized spacial score (nSPS) is 11.5. The maximum Gasteiger partial charge on any atom is 0.206 e. The molecule has 0 aromatic heterocycles. The van der Waals surface area contributed by atoms with E-state index in [1.165, 1.54) is 0 Å². The summed E-state index contributed by atoms with van der Waals surface area (Å²) in [6, 6.07) is 67.8. The fraction of sp³-hybridized carbons (Fsp3) is 0.127. The smallest absolute Gasteiger partial charge is 0.206 e. The van der Waals surface area contributed by atoms with E-state index in [0.29, 0.717) is 11.5 Å². The number of methoxy groups -OCH3 is 1. The van der Waals surface area contributed by atoms with Crippen molar-refractivity contribution in [2.75, 3.05) is 16.9 Å². The number of hydrogen-bond acceptors (Lipinski definition) is 6. The van der Waals surface area contributed by atoms with Crippen LogP contribution in [0.25, 0.3) is 11.1 Å². The molecule has 8 aromatic rings. The van der Waals surface area contributed by atoms with Crippen molar-refractivity contribution >= 4 is 44.0 Å². The van der Waals surface area contributed by atoms with Gasteiger partial charge in [0.1, 0.15) is 17.2 Å². The maximum absolute atomic E-state index is 13.5. The molecule has 8 aromatic carbocycles. The standard InChI is InChI=1S/C55H50N2O4S/c1-5-40-55(2,3)43-20-36-53(37-21-43)62(58,59)54-38-34-52(35-39-54)61-51-32-28-49(29-33-51)57(45-14-10-7-11-15-45)47-24-18-42(19-25-47)41-16-22-46(23-17-41)56(44-12-8-6-9-13-44)48-26-30-50(60-4)31-27-48/h6-39H,5,40H2,1-4H3. The van der Waals surface area contributed by atoms with E-state index in [1.807, 2.05) is 72.8 Å². The van der Waals surface area contributed by atoms with Gasteiger partial charge in [-0.25, -0.2) is 8.42 Å². The Morgan fingerprint density at radius 1 is 0.435 bits per heavy atom. The molecule has 0 unspecified atom stereocenters. The zero-order chi connectivity index (χ0) is 43.1. The molecule has 0 aliphatic carbocycles. The minimum Gasteiger partial charge on any atom is -0.497 e. The maximum atomic E-state index is 13.5. The zero-order valence-corrected chi connectivity index (χ0v) is 36.3. The van der Waals surface area contributed by atoms with Crippen LogP contribution < -0.4 is 19.3 Å². The molecule has 0 amide bonds. The van der Waals surface area contributed by atoms with Crippen LogP contribution in [0.1, 0.15) is 39.2 Å². The van der Waals surface area contributed by atoms with E-state index < -0.39 is 9.84 Å². The molecule has 0 spiro atoms. The molecular formula is C55H50N2O4S. The van der Waals surface area contributed by atoms with Crippen molar-refractivity contribution in [3.63, 3.8) is 0 Å². The van der Waals surface area contributed by atoms with Crippen molar-refractivity contribution in [1.82, 2.24) is 0 Å². The van der Waals surface area contributed by atoms with Crippen molar-refractivity contribution in [2.45, 2.75) is 48.8 Å². The molecule has 0 fully saturated rings. The number of hydrogen-bond donors (Lipinski definition) is 0. The van der Waals surface area contributed by atoms with Crippen LogP contribution in [-0.4, -0.2) is 15.5 Å². The van der Waals surface area contributed by atoms with E-state index in [-0.39, 0.29) is 15.2 Å². The zero-order valence-electron chi connectivity index (χ0n) is 35.5. The van der Waals surface area contributed by atoms with Crippen LogP contribution in [0, 0.1) is 0 Å². The Balaban J connectivity index is 0.982. The van der Waals surface area contributed by atoms with Crippen LogP contribution >= 0.6 is 0 Å². The molecule has 0 bridgehead atoms. The third kappa shape index (κ3) is 9.14. The van der Waals surface area contributed by atoms with Gasteiger partial charge in [-0.2, -0.15) is 0 Å². The first-order chi connectivity index (χ1) is 30.1. The third-order valence-electron chi connectivity index (χ3n) is 11.2. The largest absolute Gasteiger partial charge is 0.497 e. The van der Waals surface area contributed by atoms with Crippen molar-refractivity contribution in [3.8, 4) is 28.4 Å². The Morgan fingerprint density at radius 2 is 0.774 bits per heavy atom.